The minimum atomic E-state index is -0.248. The van der Waals surface area contributed by atoms with Crippen LogP contribution in [0.3, 0.4) is 0 Å². The molecule has 0 aliphatic rings. The second-order valence-electron chi connectivity index (χ2n) is 5.65. The molecule has 108 valence electrons. The lowest BCUT2D eigenvalue weighted by molar-refractivity contribution is 0.228. The maximum absolute atomic E-state index is 8.88. The predicted molar refractivity (Wildman–Crippen MR) is 74.8 cm³/mol. The Morgan fingerprint density at radius 3 is 2.50 bits per heavy atom. The first-order valence-corrected chi connectivity index (χ1v) is 6.73. The second-order valence-corrected chi connectivity index (χ2v) is 5.65. The number of nitrogens with two attached hydrogens (primary N) is 1. The van der Waals surface area contributed by atoms with Crippen LogP contribution in [0.5, 0.6) is 0 Å². The molecule has 0 spiro atoms. The lowest BCUT2D eigenvalue weighted by Crippen LogP contribution is -2.32. The molecule has 0 saturated heterocycles. The summed E-state index contributed by atoms with van der Waals surface area (Å²) in [5, 5.41) is 24.0. The van der Waals surface area contributed by atoms with Gasteiger partial charge in [-0.3, -0.25) is 0 Å². The Labute approximate surface area is 110 Å². The van der Waals surface area contributed by atoms with Crippen LogP contribution >= 0.6 is 0 Å². The molecule has 0 saturated carbocycles. The molecular weight excluding hydrogens is 230 g/mol. The lowest BCUT2D eigenvalue weighted by atomic mass is 9.86. The molecule has 0 aliphatic carbocycles. The SMILES string of the molecule is CC(CO)CCCNCCCC(C)(C)C(N)=NO. The van der Waals surface area contributed by atoms with Gasteiger partial charge >= 0.3 is 0 Å². The molecule has 5 N–H and O–H groups in total. The van der Waals surface area contributed by atoms with Gasteiger partial charge in [0, 0.05) is 12.0 Å². The van der Waals surface area contributed by atoms with Crippen molar-refractivity contribution >= 4 is 5.84 Å². The van der Waals surface area contributed by atoms with E-state index >= 15 is 0 Å². The standard InChI is InChI=1S/C13H29N3O2/c1-11(10-17)6-4-8-15-9-5-7-13(2,3)12(14)16-18/h11,15,17-18H,4-10H2,1-3H3,(H2,14,16). The van der Waals surface area contributed by atoms with Crippen molar-refractivity contribution < 1.29 is 10.3 Å². The lowest BCUT2D eigenvalue weighted by Gasteiger charge is -2.22. The summed E-state index contributed by atoms with van der Waals surface area (Å²) in [4.78, 5) is 0. The molecule has 0 rings (SSSR count). The van der Waals surface area contributed by atoms with Crippen molar-refractivity contribution in [1.82, 2.24) is 5.32 Å². The highest BCUT2D eigenvalue weighted by atomic mass is 16.4. The molecule has 0 radical (unpaired) electrons. The van der Waals surface area contributed by atoms with Crippen LogP contribution in [0.1, 0.15) is 46.5 Å². The molecule has 18 heavy (non-hydrogen) atoms. The van der Waals surface area contributed by atoms with E-state index in [2.05, 4.69) is 17.4 Å². The van der Waals surface area contributed by atoms with Crippen molar-refractivity contribution in [3.8, 4) is 0 Å². The summed E-state index contributed by atoms with van der Waals surface area (Å²) < 4.78 is 0. The van der Waals surface area contributed by atoms with Crippen molar-refractivity contribution in [1.29, 1.82) is 0 Å². The Bertz CT molecular complexity index is 242. The van der Waals surface area contributed by atoms with Crippen LogP contribution in [0, 0.1) is 11.3 Å². The third-order valence-electron chi connectivity index (χ3n) is 3.32. The minimum Gasteiger partial charge on any atom is -0.409 e. The van der Waals surface area contributed by atoms with Crippen LogP contribution in [0.25, 0.3) is 0 Å². The zero-order chi connectivity index (χ0) is 14.0. The number of oxime groups is 1. The van der Waals surface area contributed by atoms with Gasteiger partial charge in [0.1, 0.15) is 5.84 Å². The molecule has 5 heteroatoms. The highest BCUT2D eigenvalue weighted by molar-refractivity contribution is 5.85. The predicted octanol–water partition coefficient (Wildman–Crippen LogP) is 1.54. The average Bonchev–Trinajstić information content (AvgIpc) is 2.35. The van der Waals surface area contributed by atoms with Crippen LogP contribution in [0.15, 0.2) is 5.16 Å². The fourth-order valence-electron chi connectivity index (χ4n) is 1.71. The Morgan fingerprint density at radius 2 is 1.94 bits per heavy atom. The molecule has 0 aromatic rings. The fourth-order valence-corrected chi connectivity index (χ4v) is 1.71. The first kappa shape index (κ1) is 17.2. The fraction of sp³-hybridized carbons (Fsp3) is 0.923. The van der Waals surface area contributed by atoms with E-state index in [9.17, 15) is 0 Å². The van der Waals surface area contributed by atoms with Gasteiger partial charge < -0.3 is 21.4 Å². The largest absolute Gasteiger partial charge is 0.409 e. The van der Waals surface area contributed by atoms with Crippen molar-refractivity contribution in [2.24, 2.45) is 22.2 Å². The second kappa shape index (κ2) is 9.16. The van der Waals surface area contributed by atoms with Gasteiger partial charge in [-0.1, -0.05) is 25.9 Å². The minimum absolute atomic E-state index is 0.248. The first-order chi connectivity index (χ1) is 8.44. The van der Waals surface area contributed by atoms with E-state index in [4.69, 9.17) is 16.0 Å². The Kier molecular flexibility index (Phi) is 8.75. The number of aliphatic hydroxyl groups excluding tert-OH is 1. The molecule has 0 heterocycles. The number of nitrogens with zero attached hydrogens (tertiary/aromatic N) is 1. The third kappa shape index (κ3) is 7.50. The number of aliphatic hydroxyl groups is 1. The van der Waals surface area contributed by atoms with E-state index in [0.29, 0.717) is 11.8 Å². The van der Waals surface area contributed by atoms with Crippen molar-refractivity contribution in [3.63, 3.8) is 0 Å². The molecule has 0 aliphatic heterocycles. The number of amidine groups is 1. The summed E-state index contributed by atoms with van der Waals surface area (Å²) in [6, 6.07) is 0. The number of rotatable bonds is 10. The Balaban J connectivity index is 3.51. The van der Waals surface area contributed by atoms with Crippen molar-refractivity contribution in [2.45, 2.75) is 46.5 Å². The van der Waals surface area contributed by atoms with Gasteiger partial charge in [0.05, 0.1) is 0 Å². The smallest absolute Gasteiger partial charge is 0.144 e. The van der Waals surface area contributed by atoms with Gasteiger partial charge in [-0.05, 0) is 44.7 Å². The quantitative estimate of drug-likeness (QED) is 0.157. The van der Waals surface area contributed by atoms with E-state index in [1.54, 1.807) is 0 Å². The normalized spacial score (nSPS) is 14.8. The molecule has 0 bridgehead atoms. The van der Waals surface area contributed by atoms with E-state index < -0.39 is 0 Å². The molecule has 1 atom stereocenters. The highest BCUT2D eigenvalue weighted by Gasteiger charge is 2.22. The zero-order valence-electron chi connectivity index (χ0n) is 11.9. The van der Waals surface area contributed by atoms with E-state index in [1.165, 1.54) is 0 Å². The number of hydrogen-bond donors (Lipinski definition) is 4. The van der Waals surface area contributed by atoms with E-state index in [-0.39, 0.29) is 12.0 Å². The topological polar surface area (TPSA) is 90.9 Å². The summed E-state index contributed by atoms with van der Waals surface area (Å²) >= 11 is 0. The monoisotopic (exact) mass is 259 g/mol. The van der Waals surface area contributed by atoms with E-state index in [1.807, 2.05) is 13.8 Å². The summed E-state index contributed by atoms with van der Waals surface area (Å²) in [5.41, 5.74) is 5.37. The van der Waals surface area contributed by atoms with Crippen LogP contribution in [0.2, 0.25) is 0 Å². The van der Waals surface area contributed by atoms with Gasteiger partial charge in [0.25, 0.3) is 0 Å². The number of hydrogen-bond acceptors (Lipinski definition) is 4. The summed E-state index contributed by atoms with van der Waals surface area (Å²) in [6.07, 6.45) is 4.03. The average molecular weight is 259 g/mol. The zero-order valence-corrected chi connectivity index (χ0v) is 11.9. The summed E-state index contributed by atoms with van der Waals surface area (Å²) in [5.74, 6) is 0.686. The van der Waals surface area contributed by atoms with Crippen LogP contribution < -0.4 is 11.1 Å². The van der Waals surface area contributed by atoms with Gasteiger partial charge in [-0.25, -0.2) is 0 Å². The molecule has 0 aromatic heterocycles. The molecule has 1 unspecified atom stereocenters. The van der Waals surface area contributed by atoms with Crippen LogP contribution in [-0.4, -0.2) is 35.8 Å². The molecular formula is C13H29N3O2. The van der Waals surface area contributed by atoms with Crippen LogP contribution in [0.4, 0.5) is 0 Å². The van der Waals surface area contributed by atoms with Crippen molar-refractivity contribution in [2.75, 3.05) is 19.7 Å². The van der Waals surface area contributed by atoms with Crippen molar-refractivity contribution in [3.05, 3.63) is 0 Å². The molecule has 5 nitrogen and oxygen atoms in total. The maximum atomic E-state index is 8.88. The summed E-state index contributed by atoms with van der Waals surface area (Å²) in [6.45, 7) is 8.20. The maximum Gasteiger partial charge on any atom is 0.144 e. The van der Waals surface area contributed by atoms with Gasteiger partial charge in [-0.2, -0.15) is 0 Å². The van der Waals surface area contributed by atoms with E-state index in [0.717, 1.165) is 38.8 Å². The number of nitrogens with one attached hydrogen (secondary N) is 1. The Hall–Kier alpha value is -0.810. The first-order valence-electron chi connectivity index (χ1n) is 6.73. The highest BCUT2D eigenvalue weighted by Crippen LogP contribution is 2.21. The van der Waals surface area contributed by atoms with Gasteiger partial charge in [0.15, 0.2) is 0 Å². The van der Waals surface area contributed by atoms with Gasteiger partial charge in [-0.15, -0.1) is 0 Å². The Morgan fingerprint density at radius 1 is 1.33 bits per heavy atom. The third-order valence-corrected chi connectivity index (χ3v) is 3.32. The van der Waals surface area contributed by atoms with Crippen LogP contribution in [-0.2, 0) is 0 Å². The molecule has 0 amide bonds. The molecule has 0 fully saturated rings. The summed E-state index contributed by atoms with van der Waals surface area (Å²) in [7, 11) is 0. The molecule has 0 aromatic carbocycles. The van der Waals surface area contributed by atoms with Gasteiger partial charge in [0.2, 0.25) is 0 Å².